The molecule has 1 aliphatic rings. The first-order valence-corrected chi connectivity index (χ1v) is 13.0. The summed E-state index contributed by atoms with van der Waals surface area (Å²) in [7, 11) is -2.03. The Morgan fingerprint density at radius 3 is 2.61 bits per heavy atom. The molecule has 0 aliphatic carbocycles. The largest absolute Gasteiger partial charge is 0.378 e. The van der Waals surface area contributed by atoms with Crippen molar-refractivity contribution in [3.05, 3.63) is 57.3 Å². The monoisotopic (exact) mass is 525 g/mol. The van der Waals surface area contributed by atoms with Crippen LogP contribution in [-0.4, -0.2) is 61.9 Å². The van der Waals surface area contributed by atoms with Crippen LogP contribution < -0.4 is 15.8 Å². The molecule has 0 saturated carbocycles. The van der Waals surface area contributed by atoms with Crippen molar-refractivity contribution < 1.29 is 26.3 Å². The highest BCUT2D eigenvalue weighted by atomic mass is 32.2. The number of sulfone groups is 1. The number of aromatic nitrogens is 3. The summed E-state index contributed by atoms with van der Waals surface area (Å²) in [5, 5.41) is 11.7. The number of alkyl halides is 2. The van der Waals surface area contributed by atoms with Crippen LogP contribution in [0.1, 0.15) is 29.8 Å². The molecule has 0 radical (unpaired) electrons. The lowest BCUT2D eigenvalue weighted by atomic mass is 10.00. The molecular formula is C23H26F3N5O4S. The molecule has 0 bridgehead atoms. The number of aromatic amines is 1. The number of benzene rings is 1. The number of aryl methyl sites for hydroxylation is 1. The summed E-state index contributed by atoms with van der Waals surface area (Å²) in [6.07, 6.45) is 0. The molecule has 1 saturated heterocycles. The molecule has 2 N–H and O–H groups in total. The Labute approximate surface area is 205 Å². The Kier molecular flexibility index (Phi) is 6.97. The Morgan fingerprint density at radius 1 is 1.25 bits per heavy atom. The minimum atomic E-state index is -3.51. The maximum absolute atomic E-state index is 15.1. The number of nitrogens with zero attached hydrogens (tertiary/aromatic N) is 3. The number of fused-ring (bicyclic) bond motifs is 1. The van der Waals surface area contributed by atoms with Crippen molar-refractivity contribution in [2.24, 2.45) is 0 Å². The summed E-state index contributed by atoms with van der Waals surface area (Å²) in [5.41, 5.74) is -0.0741. The number of hydrogen-bond acceptors (Lipinski definition) is 8. The Hall–Kier alpha value is -3.19. The van der Waals surface area contributed by atoms with Gasteiger partial charge in [0.15, 0.2) is 15.7 Å². The van der Waals surface area contributed by atoms with E-state index in [1.54, 1.807) is 24.8 Å². The van der Waals surface area contributed by atoms with Crippen LogP contribution in [0.3, 0.4) is 0 Å². The average Bonchev–Trinajstić information content (AvgIpc) is 2.81. The molecule has 0 unspecified atom stereocenters. The van der Waals surface area contributed by atoms with Crippen molar-refractivity contribution in [2.45, 2.75) is 25.8 Å². The molecule has 0 amide bonds. The second-order valence-electron chi connectivity index (χ2n) is 8.76. The SMILES string of the molecule is COCC(F)(F)c1cccc([C@@H](C)Nc2nnc(C)c3[nH]c(=O)c(N4CCS(=O)(=O)CC4)cc23)c1F. The molecule has 1 aliphatic heterocycles. The predicted octanol–water partition coefficient (Wildman–Crippen LogP) is 2.91. The number of anilines is 2. The summed E-state index contributed by atoms with van der Waals surface area (Å²) < 4.78 is 72.0. The normalized spacial score (nSPS) is 16.8. The quantitative estimate of drug-likeness (QED) is 0.484. The fraction of sp³-hybridized carbons (Fsp3) is 0.435. The minimum absolute atomic E-state index is 0.00955. The van der Waals surface area contributed by atoms with Gasteiger partial charge in [-0.1, -0.05) is 12.1 Å². The summed E-state index contributed by atoms with van der Waals surface area (Å²) in [6.45, 7) is 2.62. The zero-order chi connectivity index (χ0) is 26.3. The molecule has 36 heavy (non-hydrogen) atoms. The van der Waals surface area contributed by atoms with E-state index in [4.69, 9.17) is 0 Å². The van der Waals surface area contributed by atoms with E-state index in [-0.39, 0.29) is 41.7 Å². The molecule has 1 aromatic carbocycles. The van der Waals surface area contributed by atoms with E-state index < -0.39 is 45.3 Å². The lowest BCUT2D eigenvalue weighted by Gasteiger charge is -2.28. The molecule has 194 valence electrons. The highest BCUT2D eigenvalue weighted by molar-refractivity contribution is 7.91. The zero-order valence-corrected chi connectivity index (χ0v) is 20.8. The van der Waals surface area contributed by atoms with Gasteiger partial charge in [-0.05, 0) is 26.0 Å². The van der Waals surface area contributed by atoms with Gasteiger partial charge in [0.25, 0.3) is 11.5 Å². The van der Waals surface area contributed by atoms with Gasteiger partial charge < -0.3 is 19.9 Å². The Balaban J connectivity index is 1.72. The van der Waals surface area contributed by atoms with Crippen LogP contribution in [0.15, 0.2) is 29.1 Å². The maximum Gasteiger partial charge on any atom is 0.298 e. The van der Waals surface area contributed by atoms with Crippen LogP contribution in [0, 0.1) is 12.7 Å². The van der Waals surface area contributed by atoms with E-state index in [1.807, 2.05) is 0 Å². The van der Waals surface area contributed by atoms with E-state index in [1.165, 1.54) is 12.1 Å². The Bertz CT molecular complexity index is 1450. The van der Waals surface area contributed by atoms with Crippen molar-refractivity contribution in [1.82, 2.24) is 15.2 Å². The molecule has 1 fully saturated rings. The van der Waals surface area contributed by atoms with Crippen LogP contribution in [-0.2, 0) is 20.5 Å². The van der Waals surface area contributed by atoms with E-state index in [0.717, 1.165) is 13.2 Å². The van der Waals surface area contributed by atoms with Crippen LogP contribution in [0.2, 0.25) is 0 Å². The molecule has 3 aromatic rings. The van der Waals surface area contributed by atoms with Gasteiger partial charge in [-0.15, -0.1) is 5.10 Å². The van der Waals surface area contributed by atoms with Crippen molar-refractivity contribution in [3.63, 3.8) is 0 Å². The van der Waals surface area contributed by atoms with E-state index in [2.05, 4.69) is 25.2 Å². The van der Waals surface area contributed by atoms with Crippen molar-refractivity contribution in [3.8, 4) is 0 Å². The summed E-state index contributed by atoms with van der Waals surface area (Å²) >= 11 is 0. The third kappa shape index (κ3) is 5.03. The molecule has 3 heterocycles. The maximum atomic E-state index is 15.1. The molecule has 4 rings (SSSR count). The van der Waals surface area contributed by atoms with Gasteiger partial charge in [0.2, 0.25) is 0 Å². The average molecular weight is 526 g/mol. The third-order valence-corrected chi connectivity index (χ3v) is 7.80. The number of nitrogens with one attached hydrogen (secondary N) is 2. The van der Waals surface area contributed by atoms with Crippen molar-refractivity contribution in [2.75, 3.05) is 48.5 Å². The van der Waals surface area contributed by atoms with E-state index in [0.29, 0.717) is 16.6 Å². The standard InChI is InChI=1S/C23H26F3N5O4S/c1-13(15-5-4-6-17(19(15)24)23(25,26)12-35-3)27-21-16-11-18(31-7-9-36(33,34)10-8-31)22(32)28-20(16)14(2)29-30-21/h4-6,11,13H,7-10,12H2,1-3H3,(H,27,30)(H,28,32)/t13-/m1/s1. The molecule has 0 spiro atoms. The van der Waals surface area contributed by atoms with Gasteiger partial charge in [0.1, 0.15) is 18.1 Å². The minimum Gasteiger partial charge on any atom is -0.378 e. The molecule has 1 atom stereocenters. The van der Waals surface area contributed by atoms with Crippen LogP contribution >= 0.6 is 0 Å². The third-order valence-electron chi connectivity index (χ3n) is 6.19. The summed E-state index contributed by atoms with van der Waals surface area (Å²) in [6, 6.07) is 4.54. The van der Waals surface area contributed by atoms with Crippen LogP contribution in [0.5, 0.6) is 0 Å². The first-order chi connectivity index (χ1) is 16.9. The van der Waals surface area contributed by atoms with Gasteiger partial charge in [0, 0.05) is 31.1 Å². The van der Waals surface area contributed by atoms with Crippen molar-refractivity contribution >= 4 is 32.2 Å². The number of ether oxygens (including phenoxy) is 1. The number of hydrogen-bond donors (Lipinski definition) is 2. The number of halogens is 3. The predicted molar refractivity (Wildman–Crippen MR) is 130 cm³/mol. The number of rotatable bonds is 7. The number of methoxy groups -OCH3 is 1. The Morgan fingerprint density at radius 2 is 1.94 bits per heavy atom. The lowest BCUT2D eigenvalue weighted by Crippen LogP contribution is -2.42. The van der Waals surface area contributed by atoms with Crippen molar-refractivity contribution in [1.29, 1.82) is 0 Å². The number of H-pyrrole nitrogens is 1. The van der Waals surface area contributed by atoms with Gasteiger partial charge in [-0.2, -0.15) is 13.9 Å². The first-order valence-electron chi connectivity index (χ1n) is 11.2. The zero-order valence-electron chi connectivity index (χ0n) is 19.9. The number of pyridine rings is 1. The van der Waals surface area contributed by atoms with Gasteiger partial charge in [0.05, 0.1) is 34.3 Å². The second kappa shape index (κ2) is 9.69. The van der Waals surface area contributed by atoms with Crippen LogP contribution in [0.25, 0.3) is 10.9 Å². The highest BCUT2D eigenvalue weighted by Crippen LogP contribution is 2.34. The highest BCUT2D eigenvalue weighted by Gasteiger charge is 2.36. The topological polar surface area (TPSA) is 117 Å². The molecule has 13 heteroatoms. The molecule has 2 aromatic heterocycles. The second-order valence-corrected chi connectivity index (χ2v) is 11.1. The fourth-order valence-corrected chi connectivity index (χ4v) is 5.42. The van der Waals surface area contributed by atoms with E-state index >= 15 is 4.39 Å². The van der Waals surface area contributed by atoms with Gasteiger partial charge in [-0.3, -0.25) is 4.79 Å². The molecular weight excluding hydrogens is 499 g/mol. The van der Waals surface area contributed by atoms with Gasteiger partial charge >= 0.3 is 0 Å². The first kappa shape index (κ1) is 25.9. The fourth-order valence-electron chi connectivity index (χ4n) is 4.22. The van der Waals surface area contributed by atoms with E-state index in [9.17, 15) is 22.0 Å². The lowest BCUT2D eigenvalue weighted by molar-refractivity contribution is -0.0722. The summed E-state index contributed by atoms with van der Waals surface area (Å²) in [5.74, 6) is -4.50. The smallest absolute Gasteiger partial charge is 0.298 e. The van der Waals surface area contributed by atoms with Crippen LogP contribution in [0.4, 0.5) is 24.7 Å². The summed E-state index contributed by atoms with van der Waals surface area (Å²) in [4.78, 5) is 17.2. The molecule has 9 nitrogen and oxygen atoms in total. The van der Waals surface area contributed by atoms with Gasteiger partial charge in [-0.25, -0.2) is 12.8 Å².